The van der Waals surface area contributed by atoms with Crippen LogP contribution in [0.1, 0.15) is 94.7 Å². The van der Waals surface area contributed by atoms with Crippen molar-refractivity contribution in [2.24, 2.45) is 17.8 Å². The number of hydrogen-bond donors (Lipinski definition) is 1. The number of carbonyl (C=O) groups is 2. The Morgan fingerprint density at radius 2 is 1.60 bits per heavy atom. The van der Waals surface area contributed by atoms with E-state index in [9.17, 15) is 9.59 Å². The lowest BCUT2D eigenvalue weighted by atomic mass is 9.86. The minimum atomic E-state index is -0.317. The Morgan fingerprint density at radius 1 is 0.978 bits per heavy atom. The van der Waals surface area contributed by atoms with Gasteiger partial charge in [0.15, 0.2) is 0 Å². The number of esters is 1. The second kappa shape index (κ2) is 19.5. The number of rotatable bonds is 11. The van der Waals surface area contributed by atoms with Crippen molar-refractivity contribution in [2.75, 3.05) is 13.7 Å². The SMILES string of the molecule is CC(C)CC(C/C=C1\CC(COC=O)OC1=O)CC(C)C.CCCc1oc2ccc(C#Cc3ccc(C)cc3)cc2c1C.CO. The van der Waals surface area contributed by atoms with E-state index >= 15 is 0 Å². The second-order valence-electron chi connectivity index (χ2n) is 12.5. The molecular formula is C39H52O6. The molecule has 0 aliphatic carbocycles. The fourth-order valence-corrected chi connectivity index (χ4v) is 5.53. The Kier molecular flexibility index (Phi) is 16.2. The number of aliphatic hydroxyl groups is 1. The highest BCUT2D eigenvalue weighted by Crippen LogP contribution is 2.28. The van der Waals surface area contributed by atoms with Crippen LogP contribution in [0.3, 0.4) is 0 Å². The predicted octanol–water partition coefficient (Wildman–Crippen LogP) is 8.51. The van der Waals surface area contributed by atoms with Crippen LogP contribution in [0.2, 0.25) is 0 Å². The van der Waals surface area contributed by atoms with Gasteiger partial charge in [0.05, 0.1) is 0 Å². The maximum Gasteiger partial charge on any atom is 0.334 e. The van der Waals surface area contributed by atoms with E-state index in [4.69, 9.17) is 14.3 Å². The lowest BCUT2D eigenvalue weighted by Gasteiger charge is -2.19. The number of ether oxygens (including phenoxy) is 2. The monoisotopic (exact) mass is 616 g/mol. The Balaban J connectivity index is 0.000000298. The lowest BCUT2D eigenvalue weighted by molar-refractivity contribution is -0.144. The van der Waals surface area contributed by atoms with E-state index in [0.29, 0.717) is 30.6 Å². The molecule has 45 heavy (non-hydrogen) atoms. The minimum Gasteiger partial charge on any atom is -0.464 e. The number of allylic oxidation sites excluding steroid dienone is 1. The molecule has 0 saturated carbocycles. The molecule has 1 aliphatic heterocycles. The highest BCUT2D eigenvalue weighted by molar-refractivity contribution is 5.90. The second-order valence-corrected chi connectivity index (χ2v) is 12.5. The normalized spacial score (nSPS) is 14.9. The first-order valence-corrected chi connectivity index (χ1v) is 16.1. The average molecular weight is 617 g/mol. The van der Waals surface area contributed by atoms with Crippen LogP contribution in [0.4, 0.5) is 0 Å². The van der Waals surface area contributed by atoms with E-state index in [1.807, 2.05) is 18.2 Å². The Morgan fingerprint density at radius 3 is 2.20 bits per heavy atom. The first kappa shape index (κ1) is 37.4. The molecule has 1 unspecified atom stereocenters. The summed E-state index contributed by atoms with van der Waals surface area (Å²) in [5, 5.41) is 8.18. The first-order chi connectivity index (χ1) is 21.6. The summed E-state index contributed by atoms with van der Waals surface area (Å²) in [6, 6.07) is 14.5. The van der Waals surface area contributed by atoms with Crippen molar-refractivity contribution in [1.29, 1.82) is 0 Å². The van der Waals surface area contributed by atoms with Crippen LogP contribution in [0.15, 0.2) is 58.5 Å². The smallest absolute Gasteiger partial charge is 0.334 e. The molecule has 3 aromatic rings. The van der Waals surface area contributed by atoms with Gasteiger partial charge in [-0.2, -0.15) is 0 Å². The van der Waals surface area contributed by atoms with Gasteiger partial charge in [-0.25, -0.2) is 4.79 Å². The molecule has 1 aromatic heterocycles. The Bertz CT molecular complexity index is 1420. The van der Waals surface area contributed by atoms with E-state index < -0.39 is 0 Å². The molecule has 1 N–H and O–H groups in total. The Hall–Kier alpha value is -3.82. The third-order valence-corrected chi connectivity index (χ3v) is 7.56. The molecule has 0 bridgehead atoms. The molecule has 0 amide bonds. The number of furan rings is 1. The molecule has 1 saturated heterocycles. The summed E-state index contributed by atoms with van der Waals surface area (Å²) < 4.78 is 15.8. The summed E-state index contributed by atoms with van der Waals surface area (Å²) in [6.45, 7) is 15.9. The van der Waals surface area contributed by atoms with Gasteiger partial charge in [-0.3, -0.25) is 4.79 Å². The van der Waals surface area contributed by atoms with Crippen molar-refractivity contribution in [3.8, 4) is 11.8 Å². The van der Waals surface area contributed by atoms with Crippen molar-refractivity contribution in [1.82, 2.24) is 0 Å². The van der Waals surface area contributed by atoms with Crippen molar-refractivity contribution in [3.63, 3.8) is 0 Å². The van der Waals surface area contributed by atoms with Crippen LogP contribution in [-0.4, -0.2) is 37.4 Å². The summed E-state index contributed by atoms with van der Waals surface area (Å²) in [6.07, 6.45) is 7.61. The molecule has 2 heterocycles. The molecule has 1 aliphatic rings. The van der Waals surface area contributed by atoms with E-state index in [-0.39, 0.29) is 18.7 Å². The summed E-state index contributed by atoms with van der Waals surface area (Å²) in [7, 11) is 1.00. The van der Waals surface area contributed by atoms with Gasteiger partial charge in [0.2, 0.25) is 0 Å². The van der Waals surface area contributed by atoms with Crippen molar-refractivity contribution in [3.05, 3.63) is 82.1 Å². The molecule has 0 spiro atoms. The number of aryl methyl sites for hydroxylation is 3. The van der Waals surface area contributed by atoms with Gasteiger partial charge in [0.25, 0.3) is 6.47 Å². The highest BCUT2D eigenvalue weighted by atomic mass is 16.6. The van der Waals surface area contributed by atoms with Gasteiger partial charge >= 0.3 is 5.97 Å². The number of hydrogen-bond acceptors (Lipinski definition) is 6. The zero-order chi connectivity index (χ0) is 33.4. The van der Waals surface area contributed by atoms with Crippen LogP contribution in [0.25, 0.3) is 11.0 Å². The van der Waals surface area contributed by atoms with Crippen LogP contribution >= 0.6 is 0 Å². The van der Waals surface area contributed by atoms with Gasteiger partial charge in [-0.15, -0.1) is 0 Å². The summed E-state index contributed by atoms with van der Waals surface area (Å²) in [4.78, 5) is 21.9. The largest absolute Gasteiger partial charge is 0.464 e. The standard InChI is InChI=1S/C21H20O.C17H28O4.CH4O/c1-4-5-20-16(3)19-14-18(12-13-21(19)22-20)11-10-17-8-6-15(2)7-9-17;1-12(2)7-14(8-13(3)4)5-6-15-9-16(10-20-11-18)21-17(15)19;1-2/h6-9,12-14H,4-5H2,1-3H3;6,11-14,16H,5,7-10H2,1-4H3;2H,1H3/b;15-6+;. The van der Waals surface area contributed by atoms with Crippen LogP contribution in [0, 0.1) is 43.4 Å². The third kappa shape index (κ3) is 12.6. The number of aliphatic hydroxyl groups excluding tert-OH is 1. The van der Waals surface area contributed by atoms with Gasteiger partial charge in [0, 0.05) is 42.0 Å². The number of benzene rings is 2. The summed E-state index contributed by atoms with van der Waals surface area (Å²) in [5.41, 5.74) is 6.26. The van der Waals surface area contributed by atoms with Gasteiger partial charge in [-0.05, 0) is 93.2 Å². The highest BCUT2D eigenvalue weighted by Gasteiger charge is 2.29. The fraction of sp³-hybridized carbons (Fsp3) is 0.487. The summed E-state index contributed by atoms with van der Waals surface area (Å²) >= 11 is 0. The van der Waals surface area contributed by atoms with Crippen LogP contribution in [-0.2, 0) is 25.5 Å². The maximum atomic E-state index is 11.8. The molecule has 1 atom stereocenters. The number of fused-ring (bicyclic) bond motifs is 1. The number of cyclic esters (lactones) is 1. The molecule has 6 nitrogen and oxygen atoms in total. The van der Waals surface area contributed by atoms with Gasteiger partial charge < -0.3 is 19.0 Å². The van der Waals surface area contributed by atoms with Crippen molar-refractivity contribution < 1.29 is 28.6 Å². The molecule has 0 radical (unpaired) electrons. The van der Waals surface area contributed by atoms with Crippen molar-refractivity contribution >= 4 is 23.4 Å². The molecule has 1 fully saturated rings. The van der Waals surface area contributed by atoms with Gasteiger partial charge in [-0.1, -0.05) is 70.2 Å². The van der Waals surface area contributed by atoms with Crippen LogP contribution < -0.4 is 0 Å². The third-order valence-electron chi connectivity index (χ3n) is 7.56. The maximum absolute atomic E-state index is 11.8. The quantitative estimate of drug-likeness (QED) is 0.101. The Labute approximate surface area is 270 Å². The minimum absolute atomic E-state index is 0.147. The number of carbonyl (C=O) groups excluding carboxylic acids is 2. The van der Waals surface area contributed by atoms with E-state index in [1.165, 1.54) is 29.4 Å². The molecule has 6 heteroatoms. The zero-order valence-corrected chi connectivity index (χ0v) is 28.4. The molecular weight excluding hydrogens is 564 g/mol. The van der Waals surface area contributed by atoms with Gasteiger partial charge in [0.1, 0.15) is 24.1 Å². The lowest BCUT2D eigenvalue weighted by Crippen LogP contribution is -2.14. The molecule has 2 aromatic carbocycles. The van der Waals surface area contributed by atoms with Crippen LogP contribution in [0.5, 0.6) is 0 Å². The summed E-state index contributed by atoms with van der Waals surface area (Å²) in [5.74, 6) is 9.24. The first-order valence-electron chi connectivity index (χ1n) is 16.1. The molecule has 4 rings (SSSR count). The fourth-order valence-electron chi connectivity index (χ4n) is 5.53. The average Bonchev–Trinajstić information content (AvgIpc) is 3.53. The topological polar surface area (TPSA) is 86.0 Å². The zero-order valence-electron chi connectivity index (χ0n) is 28.4. The van der Waals surface area contributed by atoms with E-state index in [2.05, 4.69) is 95.4 Å². The van der Waals surface area contributed by atoms with E-state index in [1.54, 1.807) is 0 Å². The van der Waals surface area contributed by atoms with E-state index in [0.717, 1.165) is 54.4 Å². The predicted molar refractivity (Wildman–Crippen MR) is 182 cm³/mol. The van der Waals surface area contributed by atoms with Crippen molar-refractivity contribution in [2.45, 2.75) is 93.1 Å². The molecule has 244 valence electrons.